The molecule has 7 heteroatoms. The van der Waals surface area contributed by atoms with Crippen LogP contribution in [0.1, 0.15) is 13.8 Å². The Morgan fingerprint density at radius 3 is 2.64 bits per heavy atom. The second kappa shape index (κ2) is 5.35. The van der Waals surface area contributed by atoms with E-state index in [2.05, 4.69) is 3.97 Å². The Labute approximate surface area is 72.5 Å². The van der Waals surface area contributed by atoms with E-state index in [1.807, 2.05) is 0 Å². The van der Waals surface area contributed by atoms with Crippen molar-refractivity contribution in [3.05, 3.63) is 0 Å². The molecule has 0 aromatic carbocycles. The Hall–Kier alpha value is 0.680. The van der Waals surface area contributed by atoms with E-state index in [9.17, 15) is 9.10 Å². The predicted molar refractivity (Wildman–Crippen MR) is 46.8 cm³/mol. The summed E-state index contributed by atoms with van der Waals surface area (Å²) < 4.78 is 15.0. The topological polar surface area (TPSA) is 69.6 Å². The first-order chi connectivity index (χ1) is 5.02. The third kappa shape index (κ3) is 5.90. The van der Waals surface area contributed by atoms with E-state index in [1.54, 1.807) is 13.8 Å². The zero-order valence-electron chi connectivity index (χ0n) is 6.35. The summed E-state index contributed by atoms with van der Waals surface area (Å²) in [4.78, 5) is 19.8. The third-order valence-electron chi connectivity index (χ3n) is 0.705. The average Bonchev–Trinajstić information content (AvgIpc) is 1.86. The lowest BCUT2D eigenvalue weighted by molar-refractivity contribution is -0.193. The average molecular weight is 218 g/mol. The molecule has 0 saturated heterocycles. The fourth-order valence-corrected chi connectivity index (χ4v) is 4.08. The first-order valence-electron chi connectivity index (χ1n) is 3.07. The van der Waals surface area contributed by atoms with Gasteiger partial charge in [-0.05, 0) is 6.92 Å². The summed E-state index contributed by atoms with van der Waals surface area (Å²) in [7, 11) is 0.773. The van der Waals surface area contributed by atoms with Gasteiger partial charge in [-0.3, -0.25) is 0 Å². The van der Waals surface area contributed by atoms with Gasteiger partial charge in [-0.25, -0.2) is 8.18 Å². The molecule has 2 unspecified atom stereocenters. The molecule has 0 rings (SSSR count). The molecule has 68 valence electrons. The van der Waals surface area contributed by atoms with E-state index >= 15 is 0 Å². The van der Waals surface area contributed by atoms with Crippen molar-refractivity contribution in [3.8, 4) is 0 Å². The quantitative estimate of drug-likeness (QED) is 0.525. The molecular weight excluding hydrogens is 207 g/mol. The van der Waals surface area contributed by atoms with E-state index in [4.69, 9.17) is 4.89 Å². The van der Waals surface area contributed by atoms with Crippen LogP contribution < -0.4 is 4.89 Å². The molecule has 0 aliphatic carbocycles. The third-order valence-corrected chi connectivity index (χ3v) is 5.48. The van der Waals surface area contributed by atoms with Gasteiger partial charge in [0.2, 0.25) is 0 Å². The smallest absolute Gasteiger partial charge is 0.329 e. The van der Waals surface area contributed by atoms with Crippen LogP contribution in [0.15, 0.2) is 0 Å². The van der Waals surface area contributed by atoms with Gasteiger partial charge in [0.15, 0.2) is 27.8 Å². The molecule has 0 spiro atoms. The highest BCUT2D eigenvalue weighted by atomic mass is 32.5. The summed E-state index contributed by atoms with van der Waals surface area (Å²) in [6.07, 6.45) is 0. The summed E-state index contributed by atoms with van der Waals surface area (Å²) in [6.45, 7) is -0.303. The summed E-state index contributed by atoms with van der Waals surface area (Å²) in [5.41, 5.74) is 0. The largest absolute Gasteiger partial charge is 0.741 e. The molecule has 0 fully saturated rings. The monoisotopic (exact) mass is 218 g/mol. The van der Waals surface area contributed by atoms with Gasteiger partial charge in [0, 0.05) is 5.75 Å². The zero-order valence-corrected chi connectivity index (χ0v) is 8.88. The molecule has 1 N–H and O–H groups in total. The number of hydrogen-bond donors (Lipinski definition) is 1. The van der Waals surface area contributed by atoms with Crippen LogP contribution in [-0.2, 0) is 26.0 Å². The molecule has 11 heavy (non-hydrogen) atoms. The van der Waals surface area contributed by atoms with Crippen LogP contribution in [0.2, 0.25) is 0 Å². The van der Waals surface area contributed by atoms with Crippen molar-refractivity contribution in [2.24, 2.45) is 0 Å². The van der Waals surface area contributed by atoms with E-state index in [0.717, 1.165) is 10.9 Å². The summed E-state index contributed by atoms with van der Waals surface area (Å²) in [5, 5.41) is 0. The van der Waals surface area contributed by atoms with Gasteiger partial charge in [-0.15, -0.1) is 0 Å². The van der Waals surface area contributed by atoms with Gasteiger partial charge >= 0.3 is 6.72 Å². The molecule has 0 aliphatic rings. The van der Waals surface area contributed by atoms with Crippen LogP contribution in [0.5, 0.6) is 0 Å². The summed E-state index contributed by atoms with van der Waals surface area (Å²) in [6, 6.07) is 0. The maximum absolute atomic E-state index is 10.9. The van der Waals surface area contributed by atoms with Gasteiger partial charge in [-0.1, -0.05) is 6.92 Å². The molecule has 0 aromatic heterocycles. The molecule has 0 aromatic rings. The molecule has 4 nitrogen and oxygen atoms in total. The van der Waals surface area contributed by atoms with Crippen molar-refractivity contribution in [3.63, 3.8) is 0 Å². The van der Waals surface area contributed by atoms with Gasteiger partial charge in [0.05, 0.1) is 0 Å². The lowest BCUT2D eigenvalue weighted by Gasteiger charge is -2.10. The Morgan fingerprint density at radius 1 is 1.73 bits per heavy atom. The van der Waals surface area contributed by atoms with Crippen molar-refractivity contribution in [2.45, 2.75) is 13.8 Å². The van der Waals surface area contributed by atoms with Crippen LogP contribution in [0, 0.1) is 0 Å². The van der Waals surface area contributed by atoms with Crippen molar-refractivity contribution >= 4 is 28.7 Å². The molecule has 0 radical (unpaired) electrons. The van der Waals surface area contributed by atoms with Crippen LogP contribution in [0.25, 0.3) is 0 Å². The lowest BCUT2D eigenvalue weighted by atomic mass is 11.0. The first-order valence-corrected chi connectivity index (χ1v) is 7.48. The van der Waals surface area contributed by atoms with Crippen molar-refractivity contribution < 1.29 is 18.0 Å². The van der Waals surface area contributed by atoms with Gasteiger partial charge in [0.1, 0.15) is 0 Å². The molecule has 0 heterocycles. The SMILES string of the molecule is CC[S+]=P([O-])(O)OS(=O)CC. The summed E-state index contributed by atoms with van der Waals surface area (Å²) in [5.74, 6) is 0.698. The van der Waals surface area contributed by atoms with Crippen molar-refractivity contribution in [1.82, 2.24) is 0 Å². The van der Waals surface area contributed by atoms with Crippen LogP contribution in [-0.4, -0.2) is 20.6 Å². The second-order valence-electron chi connectivity index (χ2n) is 1.55. The Morgan fingerprint density at radius 2 is 2.27 bits per heavy atom. The first kappa shape index (κ1) is 11.7. The minimum atomic E-state index is -3.65. The van der Waals surface area contributed by atoms with E-state index in [0.29, 0.717) is 5.75 Å². The summed E-state index contributed by atoms with van der Waals surface area (Å²) >= 11 is -1.63. The standard InChI is InChI=1S/C4H11O4PS2/c1-3-10-9(5,6)8-11(7)4-2/h3-4H2,1-2H3,(H-,5,6). The highest BCUT2D eigenvalue weighted by Gasteiger charge is 2.15. The van der Waals surface area contributed by atoms with E-state index in [1.165, 1.54) is 0 Å². The van der Waals surface area contributed by atoms with Crippen molar-refractivity contribution in [1.29, 1.82) is 0 Å². The minimum Gasteiger partial charge on any atom is -0.741 e. The maximum Gasteiger partial charge on any atom is 0.329 e. The molecule has 2 atom stereocenters. The number of rotatable bonds is 4. The highest BCUT2D eigenvalue weighted by molar-refractivity contribution is 8.18. The predicted octanol–water partition coefficient (Wildman–Crippen LogP) is -0.181. The molecular formula is C4H11O4PS2. The number of hydrogen-bond acceptors (Lipinski definition) is 3. The maximum atomic E-state index is 10.9. The van der Waals surface area contributed by atoms with Gasteiger partial charge in [0.25, 0.3) is 0 Å². The molecule has 0 aliphatic heterocycles. The Balaban J connectivity index is 4.12. The van der Waals surface area contributed by atoms with Crippen LogP contribution in [0.3, 0.4) is 0 Å². The van der Waals surface area contributed by atoms with E-state index < -0.39 is 17.8 Å². The fraction of sp³-hybridized carbons (Fsp3) is 1.00. The van der Waals surface area contributed by atoms with Crippen LogP contribution >= 0.6 is 6.72 Å². The molecule has 0 amide bonds. The van der Waals surface area contributed by atoms with Gasteiger partial charge in [-0.2, -0.15) is 0 Å². The van der Waals surface area contributed by atoms with Crippen LogP contribution in [0.4, 0.5) is 0 Å². The van der Waals surface area contributed by atoms with E-state index in [-0.39, 0.29) is 5.75 Å². The zero-order chi connectivity index (χ0) is 8.91. The lowest BCUT2D eigenvalue weighted by Crippen LogP contribution is -2.08. The van der Waals surface area contributed by atoms with Crippen molar-refractivity contribution in [2.75, 3.05) is 11.5 Å². The molecule has 0 saturated carbocycles. The normalized spacial score (nSPS) is 18.9. The minimum absolute atomic E-state index is 0.231. The Bertz CT molecular complexity index is 187. The second-order valence-corrected chi connectivity index (χ2v) is 7.27. The van der Waals surface area contributed by atoms with Gasteiger partial charge < -0.3 is 9.79 Å². The fourth-order valence-electron chi connectivity index (χ4n) is 0.342. The highest BCUT2D eigenvalue weighted by Crippen LogP contribution is 2.35. The Kier molecular flexibility index (Phi) is 5.68. The molecule has 0 bridgehead atoms.